The number of amides is 1. The molecular formula is C22H23F5N6O3. The van der Waals surface area contributed by atoms with Gasteiger partial charge in [-0.05, 0) is 12.1 Å². The molecule has 36 heavy (non-hydrogen) atoms. The van der Waals surface area contributed by atoms with Gasteiger partial charge in [-0.1, -0.05) is 0 Å². The van der Waals surface area contributed by atoms with Crippen molar-refractivity contribution >= 4 is 22.6 Å². The van der Waals surface area contributed by atoms with Crippen LogP contribution in [-0.4, -0.2) is 69.9 Å². The first-order valence-corrected chi connectivity index (χ1v) is 11.1. The van der Waals surface area contributed by atoms with E-state index in [1.54, 1.807) is 4.90 Å². The van der Waals surface area contributed by atoms with Gasteiger partial charge in [0.15, 0.2) is 0 Å². The molecule has 9 nitrogen and oxygen atoms in total. The summed E-state index contributed by atoms with van der Waals surface area (Å²) in [4.78, 5) is 31.7. The third-order valence-electron chi connectivity index (χ3n) is 5.93. The van der Waals surface area contributed by atoms with Crippen molar-refractivity contribution in [2.75, 3.05) is 44.3 Å². The summed E-state index contributed by atoms with van der Waals surface area (Å²) in [7, 11) is 0. The number of halogens is 5. The maximum absolute atomic E-state index is 13.3. The van der Waals surface area contributed by atoms with Crippen molar-refractivity contribution in [1.29, 1.82) is 0 Å². The summed E-state index contributed by atoms with van der Waals surface area (Å²) in [6.07, 6.45) is -3.85. The topological polar surface area (TPSA) is 96.3 Å². The number of carbonyl (C=O) groups excluding carboxylic acids is 1. The van der Waals surface area contributed by atoms with Crippen LogP contribution in [0.2, 0.25) is 0 Å². The first-order valence-electron chi connectivity index (χ1n) is 11.1. The predicted molar refractivity (Wildman–Crippen MR) is 119 cm³/mol. The molecule has 4 heterocycles. The molecule has 0 radical (unpaired) electrons. The zero-order valence-electron chi connectivity index (χ0n) is 19.0. The van der Waals surface area contributed by atoms with Crippen molar-refractivity contribution in [3.05, 3.63) is 52.2 Å². The van der Waals surface area contributed by atoms with Crippen LogP contribution in [-0.2, 0) is 22.3 Å². The van der Waals surface area contributed by atoms with E-state index < -0.39 is 23.7 Å². The third kappa shape index (κ3) is 5.64. The number of piperazine rings is 1. The Morgan fingerprint density at radius 1 is 1.11 bits per heavy atom. The number of hydrogen-bond donors (Lipinski definition) is 1. The highest BCUT2D eigenvalue weighted by atomic mass is 19.4. The van der Waals surface area contributed by atoms with Gasteiger partial charge in [-0.2, -0.15) is 18.3 Å². The Hall–Kier alpha value is -3.55. The lowest BCUT2D eigenvalue weighted by Crippen LogP contribution is -2.49. The second-order valence-electron chi connectivity index (χ2n) is 8.17. The molecule has 3 aromatic rings. The summed E-state index contributed by atoms with van der Waals surface area (Å²) in [5.41, 5.74) is -1.62. The third-order valence-corrected chi connectivity index (χ3v) is 5.93. The van der Waals surface area contributed by atoms with Crippen molar-refractivity contribution in [3.63, 3.8) is 0 Å². The van der Waals surface area contributed by atoms with Crippen LogP contribution in [0.4, 0.5) is 27.8 Å². The van der Waals surface area contributed by atoms with Crippen molar-refractivity contribution in [3.8, 4) is 0 Å². The van der Waals surface area contributed by atoms with E-state index >= 15 is 0 Å². The molecule has 0 saturated carbocycles. The van der Waals surface area contributed by atoms with Gasteiger partial charge in [-0.15, -0.1) is 0 Å². The van der Waals surface area contributed by atoms with E-state index in [1.165, 1.54) is 23.0 Å². The number of H-pyrrole nitrogens is 1. The maximum Gasteiger partial charge on any atom is 0.417 e. The van der Waals surface area contributed by atoms with E-state index in [1.807, 2.05) is 4.90 Å². The number of rotatable bonds is 8. The summed E-state index contributed by atoms with van der Waals surface area (Å²) in [5.74, 6) is 0.292. The van der Waals surface area contributed by atoms with Crippen molar-refractivity contribution in [2.45, 2.75) is 25.6 Å². The lowest BCUT2D eigenvalue weighted by atomic mass is 10.2. The van der Waals surface area contributed by atoms with E-state index in [2.05, 4.69) is 15.2 Å². The highest BCUT2D eigenvalue weighted by Crippen LogP contribution is 2.29. The molecule has 1 fully saturated rings. The fourth-order valence-corrected chi connectivity index (χ4v) is 4.05. The fraction of sp³-hybridized carbons (Fsp3) is 0.455. The number of fused-ring (bicyclic) bond motifs is 1. The van der Waals surface area contributed by atoms with Crippen molar-refractivity contribution < 1.29 is 31.5 Å². The number of anilines is 1. The average molecular weight is 514 g/mol. The Kier molecular flexibility index (Phi) is 7.52. The van der Waals surface area contributed by atoms with Crippen LogP contribution >= 0.6 is 0 Å². The minimum Gasteiger partial charge on any atom is -0.379 e. The smallest absolute Gasteiger partial charge is 0.379 e. The second kappa shape index (κ2) is 10.6. The van der Waals surface area contributed by atoms with Gasteiger partial charge in [0, 0.05) is 50.7 Å². The number of aromatic nitrogens is 4. The molecule has 3 aromatic heterocycles. The van der Waals surface area contributed by atoms with Crippen LogP contribution in [0.25, 0.3) is 10.9 Å². The summed E-state index contributed by atoms with van der Waals surface area (Å²) in [5, 5.41) is 5.70. The van der Waals surface area contributed by atoms with Crippen molar-refractivity contribution in [2.24, 2.45) is 0 Å². The molecule has 1 saturated heterocycles. The fourth-order valence-electron chi connectivity index (χ4n) is 4.05. The minimum atomic E-state index is -4.44. The molecule has 1 N–H and O–H groups in total. The van der Waals surface area contributed by atoms with Gasteiger partial charge in [-0.25, -0.2) is 18.9 Å². The molecule has 0 bridgehead atoms. The van der Waals surface area contributed by atoms with E-state index in [0.717, 1.165) is 12.3 Å². The number of alkyl halides is 5. The largest absolute Gasteiger partial charge is 0.417 e. The van der Waals surface area contributed by atoms with Gasteiger partial charge >= 0.3 is 6.18 Å². The molecule has 0 spiro atoms. The molecule has 0 aliphatic carbocycles. The van der Waals surface area contributed by atoms with Crippen LogP contribution in [0.5, 0.6) is 0 Å². The number of nitrogens with one attached hydrogen (secondary N) is 1. The number of ether oxygens (including phenoxy) is 1. The number of aromatic amines is 1. The summed E-state index contributed by atoms with van der Waals surface area (Å²) < 4.78 is 71.6. The highest BCUT2D eigenvalue weighted by molar-refractivity contribution is 5.82. The van der Waals surface area contributed by atoms with E-state index in [9.17, 15) is 31.5 Å². The Morgan fingerprint density at radius 2 is 1.86 bits per heavy atom. The molecule has 1 aliphatic rings. The molecule has 14 heteroatoms. The van der Waals surface area contributed by atoms with Crippen LogP contribution in [0, 0.1) is 0 Å². The first-order chi connectivity index (χ1) is 17.1. The number of hydrogen-bond acceptors (Lipinski definition) is 6. The standard InChI is InChI=1S/C22H23F5N6O3/c23-20(24)15-13-33(16-12-29-30-21(35)19(15)16)8-10-36-9-3-18(34)32-6-4-31(5-7-32)17-2-1-14(11-28-17)22(25,26)27/h1-2,11-13,20H,3-10H2,(H,30,35). The van der Waals surface area contributed by atoms with Crippen molar-refractivity contribution in [1.82, 2.24) is 24.6 Å². The lowest BCUT2D eigenvalue weighted by molar-refractivity contribution is -0.138. The van der Waals surface area contributed by atoms with Crippen LogP contribution in [0.15, 0.2) is 35.5 Å². The predicted octanol–water partition coefficient (Wildman–Crippen LogP) is 2.83. The molecule has 0 aromatic carbocycles. The number of pyridine rings is 1. The van der Waals surface area contributed by atoms with Gasteiger partial charge in [0.1, 0.15) is 5.82 Å². The summed E-state index contributed by atoms with van der Waals surface area (Å²) >= 11 is 0. The normalized spacial score (nSPS) is 14.7. The quantitative estimate of drug-likeness (QED) is 0.367. The molecular weight excluding hydrogens is 491 g/mol. The summed E-state index contributed by atoms with van der Waals surface area (Å²) in [6, 6.07) is 2.30. The summed E-state index contributed by atoms with van der Waals surface area (Å²) in [6.45, 7) is 2.13. The Labute approximate surface area is 201 Å². The molecule has 194 valence electrons. The van der Waals surface area contributed by atoms with Gasteiger partial charge in [0.2, 0.25) is 5.91 Å². The molecule has 0 atom stereocenters. The van der Waals surface area contributed by atoms with Crippen LogP contribution < -0.4 is 10.5 Å². The Morgan fingerprint density at radius 3 is 2.50 bits per heavy atom. The zero-order valence-corrected chi connectivity index (χ0v) is 19.0. The monoisotopic (exact) mass is 514 g/mol. The molecule has 0 unspecified atom stereocenters. The van der Waals surface area contributed by atoms with E-state index in [0.29, 0.717) is 32.0 Å². The highest BCUT2D eigenvalue weighted by Gasteiger charge is 2.31. The van der Waals surface area contributed by atoms with Crippen LogP contribution in [0.3, 0.4) is 0 Å². The van der Waals surface area contributed by atoms with Gasteiger partial charge in [-0.3, -0.25) is 9.59 Å². The van der Waals surface area contributed by atoms with Crippen LogP contribution in [0.1, 0.15) is 24.0 Å². The van der Waals surface area contributed by atoms with Gasteiger partial charge in [0.05, 0.1) is 42.3 Å². The first kappa shape index (κ1) is 25.5. The molecule has 1 amide bonds. The minimum absolute atomic E-state index is 0.110. The molecule has 4 rings (SSSR count). The van der Waals surface area contributed by atoms with E-state index in [-0.39, 0.29) is 48.6 Å². The Balaban J connectivity index is 1.21. The maximum atomic E-state index is 13.3. The Bertz CT molecular complexity index is 1250. The number of carbonyl (C=O) groups is 1. The average Bonchev–Trinajstić information content (AvgIpc) is 3.24. The van der Waals surface area contributed by atoms with E-state index in [4.69, 9.17) is 4.74 Å². The SMILES string of the molecule is O=C(CCOCCn1cc(C(F)F)c2c(=O)[nH]ncc21)N1CCN(c2ccc(C(F)(F)F)cn2)CC1. The number of nitrogens with zero attached hydrogens (tertiary/aromatic N) is 5. The lowest BCUT2D eigenvalue weighted by Gasteiger charge is -2.35. The van der Waals surface area contributed by atoms with Gasteiger partial charge < -0.3 is 19.1 Å². The second-order valence-corrected chi connectivity index (χ2v) is 8.17. The molecule has 1 aliphatic heterocycles. The van der Waals surface area contributed by atoms with Gasteiger partial charge in [0.25, 0.3) is 12.0 Å². The zero-order chi connectivity index (χ0) is 25.9.